The summed E-state index contributed by atoms with van der Waals surface area (Å²) in [6, 6.07) is 9.82. The number of thiophene rings is 1. The number of ether oxygens (including phenoxy) is 1. The fourth-order valence-corrected chi connectivity index (χ4v) is 4.63. The van der Waals surface area contributed by atoms with Gasteiger partial charge >= 0.3 is 0 Å². The second-order valence-corrected chi connectivity index (χ2v) is 9.89. The number of nitrogens with one attached hydrogen (secondary N) is 1. The van der Waals surface area contributed by atoms with Crippen molar-refractivity contribution in [3.05, 3.63) is 74.5 Å². The molecule has 31 heavy (non-hydrogen) atoms. The molecule has 0 aliphatic carbocycles. The van der Waals surface area contributed by atoms with Crippen LogP contribution >= 0.6 is 22.9 Å². The molecule has 0 spiro atoms. The summed E-state index contributed by atoms with van der Waals surface area (Å²) in [5.41, 5.74) is 3.95. The van der Waals surface area contributed by atoms with E-state index in [1.165, 1.54) is 11.3 Å². The van der Waals surface area contributed by atoms with Crippen LogP contribution in [0.15, 0.2) is 42.7 Å². The highest BCUT2D eigenvalue weighted by molar-refractivity contribution is 7.16. The van der Waals surface area contributed by atoms with Gasteiger partial charge in [0.25, 0.3) is 5.91 Å². The number of pyridine rings is 1. The van der Waals surface area contributed by atoms with Crippen LogP contribution in [-0.4, -0.2) is 28.2 Å². The number of nitrogens with zero attached hydrogens (tertiary/aromatic N) is 2. The third-order valence-corrected chi connectivity index (χ3v) is 6.17. The van der Waals surface area contributed by atoms with Crippen molar-refractivity contribution in [3.8, 4) is 0 Å². The summed E-state index contributed by atoms with van der Waals surface area (Å²) in [4.78, 5) is 18.4. The highest BCUT2D eigenvalue weighted by Gasteiger charge is 2.22. The van der Waals surface area contributed by atoms with Crippen molar-refractivity contribution in [3.63, 3.8) is 0 Å². The van der Waals surface area contributed by atoms with Crippen LogP contribution in [0.25, 0.3) is 0 Å². The van der Waals surface area contributed by atoms with Gasteiger partial charge in [0.2, 0.25) is 0 Å². The molecule has 0 aromatic carbocycles. The molecule has 0 saturated heterocycles. The maximum atomic E-state index is 13.2. The molecular formula is C24H30ClN3O2S. The van der Waals surface area contributed by atoms with Crippen molar-refractivity contribution < 1.29 is 9.53 Å². The van der Waals surface area contributed by atoms with Crippen LogP contribution in [0.3, 0.4) is 0 Å². The lowest BCUT2D eigenvalue weighted by atomic mass is 10.0. The Labute approximate surface area is 193 Å². The fourth-order valence-electron chi connectivity index (χ4n) is 3.60. The van der Waals surface area contributed by atoms with Gasteiger partial charge in [-0.15, -0.1) is 11.3 Å². The summed E-state index contributed by atoms with van der Waals surface area (Å²) in [5, 5.41) is 3.06. The highest BCUT2D eigenvalue weighted by atomic mass is 35.5. The lowest BCUT2D eigenvalue weighted by Gasteiger charge is -2.17. The minimum absolute atomic E-state index is 0.0656. The molecule has 0 radical (unpaired) electrons. The van der Waals surface area contributed by atoms with Crippen LogP contribution in [0, 0.1) is 0 Å². The molecule has 3 heterocycles. The van der Waals surface area contributed by atoms with Gasteiger partial charge in [0.15, 0.2) is 0 Å². The van der Waals surface area contributed by atoms with E-state index in [0.29, 0.717) is 19.7 Å². The Bertz CT molecular complexity index is 996. The average molecular weight is 460 g/mol. The molecule has 5 nitrogen and oxygen atoms in total. The van der Waals surface area contributed by atoms with E-state index in [-0.39, 0.29) is 17.9 Å². The van der Waals surface area contributed by atoms with E-state index in [4.69, 9.17) is 16.3 Å². The molecule has 0 fully saturated rings. The van der Waals surface area contributed by atoms with E-state index in [1.807, 2.05) is 44.3 Å². The van der Waals surface area contributed by atoms with Gasteiger partial charge in [0.05, 0.1) is 29.2 Å². The van der Waals surface area contributed by atoms with Gasteiger partial charge in [0.1, 0.15) is 0 Å². The van der Waals surface area contributed by atoms with E-state index in [2.05, 4.69) is 34.8 Å². The zero-order valence-corrected chi connectivity index (χ0v) is 20.1. The number of carbonyl (C=O) groups excluding carboxylic acids is 1. The molecule has 1 amide bonds. The van der Waals surface area contributed by atoms with Gasteiger partial charge in [0, 0.05) is 41.6 Å². The number of carbonyl (C=O) groups is 1. The molecule has 7 heteroatoms. The Balaban J connectivity index is 1.89. The van der Waals surface area contributed by atoms with Gasteiger partial charge in [-0.1, -0.05) is 31.5 Å². The third-order valence-electron chi connectivity index (χ3n) is 4.94. The molecule has 0 atom stereocenters. The minimum Gasteiger partial charge on any atom is -0.378 e. The lowest BCUT2D eigenvalue weighted by Crippen LogP contribution is -2.24. The van der Waals surface area contributed by atoms with Crippen molar-refractivity contribution in [1.82, 2.24) is 14.9 Å². The molecule has 166 valence electrons. The van der Waals surface area contributed by atoms with Crippen LogP contribution in [-0.2, 0) is 24.2 Å². The zero-order valence-electron chi connectivity index (χ0n) is 18.5. The zero-order chi connectivity index (χ0) is 22.4. The Morgan fingerprint density at radius 3 is 2.68 bits per heavy atom. The average Bonchev–Trinajstić information content (AvgIpc) is 3.30. The largest absolute Gasteiger partial charge is 0.378 e. The van der Waals surface area contributed by atoms with Crippen molar-refractivity contribution >= 4 is 28.8 Å². The summed E-state index contributed by atoms with van der Waals surface area (Å²) in [5.74, 6) is 0.123. The molecular weight excluding hydrogens is 430 g/mol. The van der Waals surface area contributed by atoms with Crippen molar-refractivity contribution in [2.45, 2.75) is 59.2 Å². The summed E-state index contributed by atoms with van der Waals surface area (Å²) in [7, 11) is 0. The van der Waals surface area contributed by atoms with Crippen molar-refractivity contribution in [2.24, 2.45) is 0 Å². The Hall–Kier alpha value is -2.15. The summed E-state index contributed by atoms with van der Waals surface area (Å²) < 4.78 is 8.77. The third kappa shape index (κ3) is 6.42. The topological polar surface area (TPSA) is 56.1 Å². The van der Waals surface area contributed by atoms with Gasteiger partial charge < -0.3 is 14.6 Å². The molecule has 3 aromatic heterocycles. The quantitative estimate of drug-likeness (QED) is 0.425. The maximum absolute atomic E-state index is 13.2. The molecule has 3 aromatic rings. The van der Waals surface area contributed by atoms with Crippen LogP contribution in [0.1, 0.15) is 65.8 Å². The molecule has 3 rings (SSSR count). The van der Waals surface area contributed by atoms with Gasteiger partial charge in [-0.2, -0.15) is 0 Å². The van der Waals surface area contributed by atoms with E-state index < -0.39 is 0 Å². The Morgan fingerprint density at radius 2 is 2.06 bits per heavy atom. The second-order valence-electron chi connectivity index (χ2n) is 8.09. The number of aromatic nitrogens is 2. The highest BCUT2D eigenvalue weighted by Crippen LogP contribution is 2.27. The normalized spacial score (nSPS) is 11.5. The number of halogens is 1. The summed E-state index contributed by atoms with van der Waals surface area (Å²) in [6.07, 6.45) is 4.56. The first-order chi connectivity index (χ1) is 14.8. The van der Waals surface area contributed by atoms with E-state index in [9.17, 15) is 4.79 Å². The standard InChI is InChI=1S/C24H30ClN3O2S/c1-16(2)23-21(24(29)27-14-20-7-8-22(25)31-20)12-19(9-11-30-17(3)4)28(23)15-18-6-5-10-26-13-18/h5-8,10,12-13,16-17H,9,11,14-15H2,1-4H3,(H,27,29). The van der Waals surface area contributed by atoms with E-state index >= 15 is 0 Å². The van der Waals surface area contributed by atoms with Crippen LogP contribution < -0.4 is 5.32 Å². The van der Waals surface area contributed by atoms with Gasteiger partial charge in [-0.05, 0) is 49.6 Å². The number of hydrogen-bond donors (Lipinski definition) is 1. The molecule has 0 unspecified atom stereocenters. The smallest absolute Gasteiger partial charge is 0.253 e. The SMILES string of the molecule is CC(C)OCCc1cc(C(=O)NCc2ccc(Cl)s2)c(C(C)C)n1Cc1cccnc1. The van der Waals surface area contributed by atoms with E-state index in [1.54, 1.807) is 6.20 Å². The molecule has 0 saturated carbocycles. The van der Waals surface area contributed by atoms with Crippen molar-refractivity contribution in [2.75, 3.05) is 6.61 Å². The lowest BCUT2D eigenvalue weighted by molar-refractivity contribution is 0.0804. The number of rotatable bonds is 10. The number of hydrogen-bond acceptors (Lipinski definition) is 4. The molecule has 0 bridgehead atoms. The van der Waals surface area contributed by atoms with Gasteiger partial charge in [-0.25, -0.2) is 0 Å². The summed E-state index contributed by atoms with van der Waals surface area (Å²) in [6.45, 7) is 10.1. The minimum atomic E-state index is -0.0656. The number of amides is 1. The Morgan fingerprint density at radius 1 is 1.26 bits per heavy atom. The molecule has 0 aliphatic heterocycles. The predicted octanol–water partition coefficient (Wildman–Crippen LogP) is 5.67. The monoisotopic (exact) mass is 459 g/mol. The molecule has 1 N–H and O–H groups in total. The predicted molar refractivity (Wildman–Crippen MR) is 127 cm³/mol. The van der Waals surface area contributed by atoms with Crippen LogP contribution in [0.5, 0.6) is 0 Å². The first-order valence-electron chi connectivity index (χ1n) is 10.6. The molecule has 0 aliphatic rings. The first-order valence-corrected chi connectivity index (χ1v) is 11.8. The second kappa shape index (κ2) is 10.9. The maximum Gasteiger partial charge on any atom is 0.253 e. The summed E-state index contributed by atoms with van der Waals surface area (Å²) >= 11 is 7.50. The van der Waals surface area contributed by atoms with Gasteiger partial charge in [-0.3, -0.25) is 9.78 Å². The van der Waals surface area contributed by atoms with Crippen molar-refractivity contribution in [1.29, 1.82) is 0 Å². The fraction of sp³-hybridized carbons (Fsp3) is 0.417. The Kier molecular flexibility index (Phi) is 8.29. The van der Waals surface area contributed by atoms with Crippen LogP contribution in [0.2, 0.25) is 4.34 Å². The first kappa shape index (κ1) is 23.5. The van der Waals surface area contributed by atoms with E-state index in [0.717, 1.165) is 38.1 Å². The van der Waals surface area contributed by atoms with Crippen LogP contribution in [0.4, 0.5) is 0 Å².